The summed E-state index contributed by atoms with van der Waals surface area (Å²) in [4.78, 5) is 8.35. The molecule has 0 spiro atoms. The van der Waals surface area contributed by atoms with Crippen molar-refractivity contribution in [2.75, 3.05) is 49.2 Å². The lowest BCUT2D eigenvalue weighted by Crippen LogP contribution is -2.40. The van der Waals surface area contributed by atoms with Gasteiger partial charge in [0.05, 0.1) is 16.1 Å². The van der Waals surface area contributed by atoms with E-state index >= 15 is 0 Å². The van der Waals surface area contributed by atoms with Gasteiger partial charge in [0.1, 0.15) is 6.07 Å². The minimum absolute atomic E-state index is 0.0657. The molecule has 1 atom stereocenters. The summed E-state index contributed by atoms with van der Waals surface area (Å²) in [6.45, 7) is 10.1. The molecule has 2 aliphatic heterocycles. The van der Waals surface area contributed by atoms with Crippen molar-refractivity contribution in [1.29, 1.82) is 5.26 Å². The van der Waals surface area contributed by atoms with Crippen molar-refractivity contribution >= 4 is 33.9 Å². The molecule has 220 valence electrons. The van der Waals surface area contributed by atoms with Gasteiger partial charge in [-0.15, -0.1) is 0 Å². The topological polar surface area (TPSA) is 64.5 Å². The van der Waals surface area contributed by atoms with Crippen molar-refractivity contribution in [2.45, 2.75) is 77.4 Å². The number of rotatable bonds is 12. The molecule has 0 bridgehead atoms. The van der Waals surface area contributed by atoms with Gasteiger partial charge in [-0.25, -0.2) is 0 Å². The van der Waals surface area contributed by atoms with Crippen LogP contribution in [0, 0.1) is 17.2 Å². The smallest absolute Gasteiger partial charge is 0.160 e. The number of unbranched alkanes of at least 4 members (excludes halogenated alkanes) is 2. The van der Waals surface area contributed by atoms with Gasteiger partial charge in [-0.05, 0) is 74.4 Å². The lowest BCUT2D eigenvalue weighted by molar-refractivity contribution is -0.177. The van der Waals surface area contributed by atoms with Gasteiger partial charge in [-0.2, -0.15) is 5.26 Å². The summed E-state index contributed by atoms with van der Waals surface area (Å²) < 4.78 is 12.4. The van der Waals surface area contributed by atoms with E-state index in [1.165, 1.54) is 16.9 Å². The van der Waals surface area contributed by atoms with Crippen LogP contribution in [0.1, 0.15) is 82.3 Å². The SMILES string of the molecule is CCCCOC(OCCCC)C1CCN(c2ccc(N3CCCC(c4ccc(Cl)c5c(C#N)c[nH]c45)C3)cc2)CC1. The predicted molar refractivity (Wildman–Crippen MR) is 169 cm³/mol. The highest BCUT2D eigenvalue weighted by atomic mass is 35.5. The number of H-pyrrole nitrogens is 1. The van der Waals surface area contributed by atoms with Gasteiger partial charge < -0.3 is 24.3 Å². The number of piperidine rings is 2. The van der Waals surface area contributed by atoms with Crippen LogP contribution in [-0.2, 0) is 9.47 Å². The minimum Gasteiger partial charge on any atom is -0.372 e. The highest BCUT2D eigenvalue weighted by molar-refractivity contribution is 6.36. The van der Waals surface area contributed by atoms with Crippen molar-refractivity contribution in [1.82, 2.24) is 4.98 Å². The number of hydrogen-bond donors (Lipinski definition) is 1. The Morgan fingerprint density at radius 1 is 0.927 bits per heavy atom. The molecule has 1 aromatic heterocycles. The number of anilines is 2. The molecule has 1 N–H and O–H groups in total. The molecule has 7 heteroatoms. The van der Waals surface area contributed by atoms with Gasteiger partial charge in [-0.3, -0.25) is 0 Å². The van der Waals surface area contributed by atoms with E-state index < -0.39 is 0 Å². The second kappa shape index (κ2) is 14.4. The van der Waals surface area contributed by atoms with Crippen LogP contribution < -0.4 is 9.80 Å². The number of aromatic amines is 1. The third kappa shape index (κ3) is 7.02. The number of nitriles is 1. The van der Waals surface area contributed by atoms with Crippen LogP contribution in [0.5, 0.6) is 0 Å². The first-order chi connectivity index (χ1) is 20.1. The van der Waals surface area contributed by atoms with E-state index in [9.17, 15) is 5.26 Å². The summed E-state index contributed by atoms with van der Waals surface area (Å²) >= 11 is 6.47. The van der Waals surface area contributed by atoms with E-state index in [-0.39, 0.29) is 6.29 Å². The van der Waals surface area contributed by atoms with Crippen LogP contribution in [0.3, 0.4) is 0 Å². The van der Waals surface area contributed by atoms with Crippen LogP contribution in [0.2, 0.25) is 5.02 Å². The second-order valence-corrected chi connectivity index (χ2v) is 12.1. The summed E-state index contributed by atoms with van der Waals surface area (Å²) in [6.07, 6.45) is 10.7. The molecule has 0 saturated carbocycles. The highest BCUT2D eigenvalue weighted by Gasteiger charge is 2.29. The van der Waals surface area contributed by atoms with Crippen molar-refractivity contribution in [3.63, 3.8) is 0 Å². The fraction of sp³-hybridized carbons (Fsp3) is 0.559. The predicted octanol–water partition coefficient (Wildman–Crippen LogP) is 8.25. The zero-order valence-corrected chi connectivity index (χ0v) is 25.5. The van der Waals surface area contributed by atoms with E-state index in [4.69, 9.17) is 21.1 Å². The maximum absolute atomic E-state index is 9.52. The van der Waals surface area contributed by atoms with Crippen LogP contribution in [0.25, 0.3) is 10.9 Å². The van der Waals surface area contributed by atoms with Gasteiger partial charge in [0.25, 0.3) is 0 Å². The van der Waals surface area contributed by atoms with E-state index in [1.807, 2.05) is 6.07 Å². The molecule has 3 heterocycles. The normalized spacial score (nSPS) is 18.4. The Kier molecular flexibility index (Phi) is 10.5. The largest absolute Gasteiger partial charge is 0.372 e. The standard InChI is InChI=1S/C34H45ClN4O2/c1-3-5-20-40-34(41-21-6-4-2)25-15-18-38(19-16-25)28-9-11-29(12-10-28)39-17-7-8-26(24-39)30-13-14-31(35)32-27(22-36)23-37-33(30)32/h9-14,23,25-26,34,37H,3-8,15-21,24H2,1-2H3. The Bertz CT molecular complexity index is 1280. The number of halogens is 1. The number of benzene rings is 2. The lowest BCUT2D eigenvalue weighted by Gasteiger charge is -2.37. The first-order valence-corrected chi connectivity index (χ1v) is 16.0. The summed E-state index contributed by atoms with van der Waals surface area (Å²) in [5, 5.41) is 11.0. The number of fused-ring (bicyclic) bond motifs is 1. The molecule has 3 aromatic rings. The van der Waals surface area contributed by atoms with E-state index in [1.54, 1.807) is 6.20 Å². The lowest BCUT2D eigenvalue weighted by atomic mass is 9.89. The van der Waals surface area contributed by atoms with Gasteiger partial charge in [0.15, 0.2) is 6.29 Å². The first kappa shape index (κ1) is 29.8. The molecule has 1 unspecified atom stereocenters. The van der Waals surface area contributed by atoms with Crippen LogP contribution in [-0.4, -0.2) is 50.7 Å². The average Bonchev–Trinajstić information content (AvgIpc) is 3.46. The van der Waals surface area contributed by atoms with Gasteiger partial charge in [-0.1, -0.05) is 44.4 Å². The summed E-state index contributed by atoms with van der Waals surface area (Å²) in [7, 11) is 0. The molecule has 0 radical (unpaired) electrons. The molecule has 41 heavy (non-hydrogen) atoms. The fourth-order valence-corrected chi connectivity index (χ4v) is 6.69. The van der Waals surface area contributed by atoms with Gasteiger partial charge in [0.2, 0.25) is 0 Å². The van der Waals surface area contributed by atoms with Crippen LogP contribution in [0.15, 0.2) is 42.6 Å². The fourth-order valence-electron chi connectivity index (χ4n) is 6.43. The first-order valence-electron chi connectivity index (χ1n) is 15.7. The maximum atomic E-state index is 9.52. The van der Waals surface area contributed by atoms with Gasteiger partial charge in [0, 0.05) is 74.2 Å². The number of aromatic nitrogens is 1. The van der Waals surface area contributed by atoms with Crippen molar-refractivity contribution in [3.05, 3.63) is 58.7 Å². The molecule has 2 aliphatic rings. The zero-order valence-electron chi connectivity index (χ0n) is 24.7. The van der Waals surface area contributed by atoms with Crippen molar-refractivity contribution in [2.24, 2.45) is 5.92 Å². The summed E-state index contributed by atoms with van der Waals surface area (Å²) in [5.41, 5.74) is 5.45. The molecule has 2 aromatic carbocycles. The van der Waals surface area contributed by atoms with Gasteiger partial charge >= 0.3 is 0 Å². The van der Waals surface area contributed by atoms with Crippen LogP contribution in [0.4, 0.5) is 11.4 Å². The van der Waals surface area contributed by atoms with Crippen molar-refractivity contribution in [3.8, 4) is 6.07 Å². The summed E-state index contributed by atoms with van der Waals surface area (Å²) in [6, 6.07) is 15.5. The molecule has 0 aliphatic carbocycles. The van der Waals surface area contributed by atoms with E-state index in [2.05, 4.69) is 65.0 Å². The molecule has 2 saturated heterocycles. The minimum atomic E-state index is -0.0657. The molecule has 6 nitrogen and oxygen atoms in total. The number of nitrogens with zero attached hydrogens (tertiary/aromatic N) is 3. The Balaban J connectivity index is 1.20. The molecular weight excluding hydrogens is 532 g/mol. The summed E-state index contributed by atoms with van der Waals surface area (Å²) in [5.74, 6) is 0.854. The number of hydrogen-bond acceptors (Lipinski definition) is 5. The average molecular weight is 577 g/mol. The Labute approximate surface area is 250 Å². The van der Waals surface area contributed by atoms with E-state index in [0.717, 1.165) is 102 Å². The molecular formula is C34H45ClN4O2. The third-order valence-corrected chi connectivity index (χ3v) is 9.18. The third-order valence-electron chi connectivity index (χ3n) is 8.86. The second-order valence-electron chi connectivity index (χ2n) is 11.6. The highest BCUT2D eigenvalue weighted by Crippen LogP contribution is 2.37. The molecule has 0 amide bonds. The monoisotopic (exact) mass is 576 g/mol. The van der Waals surface area contributed by atoms with Crippen LogP contribution >= 0.6 is 11.6 Å². The van der Waals surface area contributed by atoms with E-state index in [0.29, 0.717) is 22.4 Å². The molecule has 5 rings (SSSR count). The maximum Gasteiger partial charge on any atom is 0.160 e. The van der Waals surface area contributed by atoms with Crippen molar-refractivity contribution < 1.29 is 9.47 Å². The molecule has 2 fully saturated rings. The number of nitrogens with one attached hydrogen (secondary N) is 1. The number of ether oxygens (including phenoxy) is 2. The zero-order chi connectivity index (χ0) is 28.6. The quantitative estimate of drug-likeness (QED) is 0.174. The Morgan fingerprint density at radius 3 is 2.22 bits per heavy atom. The Hall–Kier alpha value is -2.72. The Morgan fingerprint density at radius 2 is 1.59 bits per heavy atom.